The second-order valence-electron chi connectivity index (χ2n) is 6.14. The molecule has 2 nitrogen and oxygen atoms in total. The molecule has 2 heteroatoms. The van der Waals surface area contributed by atoms with Crippen molar-refractivity contribution in [3.63, 3.8) is 0 Å². The highest BCUT2D eigenvalue weighted by molar-refractivity contribution is 5.26. The molecule has 104 valence electrons. The van der Waals surface area contributed by atoms with E-state index in [4.69, 9.17) is 9.47 Å². The summed E-state index contributed by atoms with van der Waals surface area (Å²) < 4.78 is 12.3. The third-order valence-electron chi connectivity index (χ3n) is 4.54. The van der Waals surface area contributed by atoms with Crippen LogP contribution >= 0.6 is 0 Å². The summed E-state index contributed by atoms with van der Waals surface area (Å²) in [7, 11) is 0. The predicted octanol–water partition coefficient (Wildman–Crippen LogP) is 4.26. The Balaban J connectivity index is 1.63. The Morgan fingerprint density at radius 1 is 1.11 bits per heavy atom. The predicted molar refractivity (Wildman–Crippen MR) is 76.6 cm³/mol. The molecule has 2 aliphatic rings. The van der Waals surface area contributed by atoms with Gasteiger partial charge >= 0.3 is 0 Å². The van der Waals surface area contributed by atoms with E-state index in [0.717, 1.165) is 25.2 Å². The van der Waals surface area contributed by atoms with Crippen molar-refractivity contribution >= 4 is 0 Å². The average Bonchev–Trinajstić information content (AvgIpc) is 2.42. The van der Waals surface area contributed by atoms with Gasteiger partial charge in [0.1, 0.15) is 11.9 Å². The summed E-state index contributed by atoms with van der Waals surface area (Å²) in [6.07, 6.45) is 8.87. The molecule has 19 heavy (non-hydrogen) atoms. The molecular weight excluding hydrogens is 236 g/mol. The lowest BCUT2D eigenvalue weighted by atomic mass is 9.79. The van der Waals surface area contributed by atoms with E-state index in [1.165, 1.54) is 37.7 Å². The van der Waals surface area contributed by atoms with Crippen LogP contribution in [-0.2, 0) is 4.74 Å². The number of aryl methyl sites for hydroxylation is 1. The molecule has 1 saturated heterocycles. The number of ether oxygens (including phenoxy) is 2. The summed E-state index contributed by atoms with van der Waals surface area (Å²) in [5.74, 6) is 1.00. The van der Waals surface area contributed by atoms with Crippen LogP contribution in [0.4, 0.5) is 0 Å². The van der Waals surface area contributed by atoms with Gasteiger partial charge in [-0.1, -0.05) is 37.0 Å². The van der Waals surface area contributed by atoms with E-state index < -0.39 is 0 Å². The van der Waals surface area contributed by atoms with Crippen LogP contribution in [0.15, 0.2) is 24.3 Å². The molecule has 0 aromatic heterocycles. The Labute approximate surface area is 116 Å². The molecule has 0 N–H and O–H groups in total. The number of hydrogen-bond acceptors (Lipinski definition) is 2. The zero-order valence-electron chi connectivity index (χ0n) is 11.9. The summed E-state index contributed by atoms with van der Waals surface area (Å²) >= 11 is 0. The van der Waals surface area contributed by atoms with Gasteiger partial charge in [-0.3, -0.25) is 0 Å². The SMILES string of the molecule is Cc1ccc(OC2CCOC3(CCCCC3)C2)cc1. The molecule has 1 atom stereocenters. The fraction of sp³-hybridized carbons (Fsp3) is 0.647. The maximum absolute atomic E-state index is 6.16. The molecular formula is C17H24O2. The molecule has 0 radical (unpaired) electrons. The first-order valence-electron chi connectivity index (χ1n) is 7.63. The third kappa shape index (κ3) is 3.11. The van der Waals surface area contributed by atoms with Crippen molar-refractivity contribution in [3.8, 4) is 5.75 Å². The topological polar surface area (TPSA) is 18.5 Å². The van der Waals surface area contributed by atoms with Crippen LogP contribution in [0.5, 0.6) is 5.75 Å². The van der Waals surface area contributed by atoms with Gasteiger partial charge in [0, 0.05) is 12.8 Å². The van der Waals surface area contributed by atoms with Crippen molar-refractivity contribution in [2.24, 2.45) is 0 Å². The first-order valence-corrected chi connectivity index (χ1v) is 7.63. The second-order valence-corrected chi connectivity index (χ2v) is 6.14. The van der Waals surface area contributed by atoms with Gasteiger partial charge in [-0.15, -0.1) is 0 Å². The van der Waals surface area contributed by atoms with Crippen LogP contribution in [0.1, 0.15) is 50.5 Å². The molecule has 2 fully saturated rings. The van der Waals surface area contributed by atoms with Crippen LogP contribution in [0.2, 0.25) is 0 Å². The number of hydrogen-bond donors (Lipinski definition) is 0. The van der Waals surface area contributed by atoms with Crippen molar-refractivity contribution in [1.82, 2.24) is 0 Å². The summed E-state index contributed by atoms with van der Waals surface area (Å²) in [6, 6.07) is 8.40. The minimum absolute atomic E-state index is 0.131. The van der Waals surface area contributed by atoms with Gasteiger partial charge in [0.25, 0.3) is 0 Å². The van der Waals surface area contributed by atoms with E-state index >= 15 is 0 Å². The van der Waals surface area contributed by atoms with Gasteiger partial charge in [-0.05, 0) is 31.9 Å². The van der Waals surface area contributed by atoms with E-state index in [0.29, 0.717) is 6.10 Å². The van der Waals surface area contributed by atoms with Crippen molar-refractivity contribution in [1.29, 1.82) is 0 Å². The first kappa shape index (κ1) is 13.0. The minimum Gasteiger partial charge on any atom is -0.490 e. The summed E-state index contributed by atoms with van der Waals surface area (Å²) in [4.78, 5) is 0. The zero-order valence-corrected chi connectivity index (χ0v) is 11.9. The Kier molecular flexibility index (Phi) is 3.79. The van der Waals surface area contributed by atoms with Crippen molar-refractivity contribution in [2.75, 3.05) is 6.61 Å². The van der Waals surface area contributed by atoms with Gasteiger partial charge < -0.3 is 9.47 Å². The van der Waals surface area contributed by atoms with E-state index in [1.54, 1.807) is 0 Å². The molecule has 0 bridgehead atoms. The van der Waals surface area contributed by atoms with Crippen molar-refractivity contribution in [2.45, 2.75) is 63.6 Å². The average molecular weight is 260 g/mol. The van der Waals surface area contributed by atoms with Crippen LogP contribution in [0, 0.1) is 6.92 Å². The fourth-order valence-electron chi connectivity index (χ4n) is 3.44. The van der Waals surface area contributed by atoms with E-state index in [-0.39, 0.29) is 5.60 Å². The van der Waals surface area contributed by atoms with Gasteiger partial charge in [-0.2, -0.15) is 0 Å². The van der Waals surface area contributed by atoms with Crippen LogP contribution in [0.3, 0.4) is 0 Å². The van der Waals surface area contributed by atoms with E-state index in [1.807, 2.05) is 0 Å². The largest absolute Gasteiger partial charge is 0.490 e. The smallest absolute Gasteiger partial charge is 0.119 e. The first-order chi connectivity index (χ1) is 9.26. The molecule has 1 saturated carbocycles. The Morgan fingerprint density at radius 2 is 1.84 bits per heavy atom. The standard InChI is InChI=1S/C17H24O2/c1-14-5-7-15(8-6-14)19-16-9-12-18-17(13-16)10-3-2-4-11-17/h5-8,16H,2-4,9-13H2,1H3. The Morgan fingerprint density at radius 3 is 2.58 bits per heavy atom. The molecule has 1 spiro atoms. The molecule has 1 aliphatic carbocycles. The Bertz CT molecular complexity index is 398. The quantitative estimate of drug-likeness (QED) is 0.791. The normalized spacial score (nSPS) is 26.3. The Hall–Kier alpha value is -1.02. The van der Waals surface area contributed by atoms with Gasteiger partial charge in [0.15, 0.2) is 0 Å². The zero-order chi connectivity index (χ0) is 13.1. The lowest BCUT2D eigenvalue weighted by Crippen LogP contribution is -2.45. The lowest BCUT2D eigenvalue weighted by molar-refractivity contribution is -0.129. The summed E-state index contributed by atoms with van der Waals surface area (Å²) in [5, 5.41) is 0. The fourth-order valence-corrected chi connectivity index (χ4v) is 3.44. The third-order valence-corrected chi connectivity index (χ3v) is 4.54. The molecule has 1 unspecified atom stereocenters. The highest BCUT2D eigenvalue weighted by Gasteiger charge is 2.39. The molecule has 1 aliphatic heterocycles. The molecule has 0 amide bonds. The maximum atomic E-state index is 6.16. The highest BCUT2D eigenvalue weighted by atomic mass is 16.5. The van der Waals surface area contributed by atoms with Gasteiger partial charge in [0.2, 0.25) is 0 Å². The van der Waals surface area contributed by atoms with E-state index in [9.17, 15) is 0 Å². The molecule has 1 heterocycles. The van der Waals surface area contributed by atoms with Crippen LogP contribution < -0.4 is 4.74 Å². The monoisotopic (exact) mass is 260 g/mol. The highest BCUT2D eigenvalue weighted by Crippen LogP contribution is 2.39. The second kappa shape index (κ2) is 5.54. The van der Waals surface area contributed by atoms with E-state index in [2.05, 4.69) is 31.2 Å². The number of rotatable bonds is 2. The van der Waals surface area contributed by atoms with Gasteiger partial charge in [-0.25, -0.2) is 0 Å². The lowest BCUT2D eigenvalue weighted by Gasteiger charge is -2.43. The molecule has 1 aromatic rings. The van der Waals surface area contributed by atoms with Crippen molar-refractivity contribution in [3.05, 3.63) is 29.8 Å². The van der Waals surface area contributed by atoms with Gasteiger partial charge in [0.05, 0.1) is 12.2 Å². The van der Waals surface area contributed by atoms with Crippen LogP contribution in [0.25, 0.3) is 0 Å². The molecule has 3 rings (SSSR count). The molecule has 1 aromatic carbocycles. The number of benzene rings is 1. The summed E-state index contributed by atoms with van der Waals surface area (Å²) in [6.45, 7) is 2.96. The minimum atomic E-state index is 0.131. The maximum Gasteiger partial charge on any atom is 0.119 e. The summed E-state index contributed by atoms with van der Waals surface area (Å²) in [5.41, 5.74) is 1.41. The van der Waals surface area contributed by atoms with Crippen molar-refractivity contribution < 1.29 is 9.47 Å². The van der Waals surface area contributed by atoms with Crippen LogP contribution in [-0.4, -0.2) is 18.3 Å².